The van der Waals surface area contributed by atoms with E-state index in [2.05, 4.69) is 26.0 Å². The summed E-state index contributed by atoms with van der Waals surface area (Å²) in [5.74, 6) is 0. The van der Waals surface area contributed by atoms with Gasteiger partial charge in [-0.25, -0.2) is 0 Å². The molecule has 0 saturated heterocycles. The highest BCUT2D eigenvalue weighted by atomic mass is 16.7. The van der Waals surface area contributed by atoms with Crippen LogP contribution in [-0.4, -0.2) is 31.2 Å². The van der Waals surface area contributed by atoms with Gasteiger partial charge in [-0.3, -0.25) is 0 Å². The van der Waals surface area contributed by atoms with Gasteiger partial charge in [-0.1, -0.05) is 77.4 Å². The summed E-state index contributed by atoms with van der Waals surface area (Å²) >= 11 is 0. The fraction of sp³-hybridized carbons (Fsp3) is 0.913. The van der Waals surface area contributed by atoms with Gasteiger partial charge in [0.25, 0.3) is 0 Å². The van der Waals surface area contributed by atoms with E-state index in [0.717, 1.165) is 45.3 Å². The SMILES string of the molecule is CCCCOC(CCCCCCCCCC/C=C/CCO)OCCCC. The summed E-state index contributed by atoms with van der Waals surface area (Å²) < 4.78 is 11.8. The number of aliphatic hydroxyl groups excluding tert-OH is 1. The second-order valence-corrected chi connectivity index (χ2v) is 7.27. The first-order chi connectivity index (χ1) is 12.8. The molecular formula is C23H46O3. The third kappa shape index (κ3) is 19.9. The van der Waals surface area contributed by atoms with Gasteiger partial charge >= 0.3 is 0 Å². The minimum absolute atomic E-state index is 0.0204. The van der Waals surface area contributed by atoms with Crippen molar-refractivity contribution in [1.29, 1.82) is 0 Å². The molecule has 3 heteroatoms. The second kappa shape index (κ2) is 22.7. The molecule has 0 aromatic heterocycles. The van der Waals surface area contributed by atoms with E-state index < -0.39 is 0 Å². The van der Waals surface area contributed by atoms with Crippen molar-refractivity contribution >= 4 is 0 Å². The van der Waals surface area contributed by atoms with Crippen LogP contribution < -0.4 is 0 Å². The highest BCUT2D eigenvalue weighted by molar-refractivity contribution is 4.80. The van der Waals surface area contributed by atoms with Crippen LogP contribution in [0.3, 0.4) is 0 Å². The van der Waals surface area contributed by atoms with Crippen molar-refractivity contribution in [1.82, 2.24) is 0 Å². The van der Waals surface area contributed by atoms with Crippen LogP contribution in [-0.2, 0) is 9.47 Å². The molecule has 0 aromatic carbocycles. The van der Waals surface area contributed by atoms with Crippen molar-refractivity contribution in [3.63, 3.8) is 0 Å². The number of ether oxygens (including phenoxy) is 2. The molecule has 0 aliphatic rings. The van der Waals surface area contributed by atoms with Gasteiger partial charge < -0.3 is 14.6 Å². The molecule has 26 heavy (non-hydrogen) atoms. The molecule has 0 radical (unpaired) electrons. The summed E-state index contributed by atoms with van der Waals surface area (Å²) in [6, 6.07) is 0. The number of hydrogen-bond donors (Lipinski definition) is 1. The lowest BCUT2D eigenvalue weighted by molar-refractivity contribution is -0.147. The van der Waals surface area contributed by atoms with Gasteiger partial charge in [0, 0.05) is 19.8 Å². The Kier molecular flexibility index (Phi) is 22.3. The summed E-state index contributed by atoms with van der Waals surface area (Å²) in [5.41, 5.74) is 0. The van der Waals surface area contributed by atoms with Gasteiger partial charge in [0.05, 0.1) is 0 Å². The van der Waals surface area contributed by atoms with Crippen molar-refractivity contribution in [2.75, 3.05) is 19.8 Å². The van der Waals surface area contributed by atoms with Crippen LogP contribution in [0.5, 0.6) is 0 Å². The molecule has 0 aliphatic carbocycles. The Morgan fingerprint density at radius 1 is 0.654 bits per heavy atom. The van der Waals surface area contributed by atoms with Crippen molar-refractivity contribution in [2.24, 2.45) is 0 Å². The van der Waals surface area contributed by atoms with E-state index in [1.54, 1.807) is 0 Å². The molecule has 0 heterocycles. The highest BCUT2D eigenvalue weighted by Crippen LogP contribution is 2.14. The average Bonchev–Trinajstić information content (AvgIpc) is 2.65. The molecule has 3 nitrogen and oxygen atoms in total. The van der Waals surface area contributed by atoms with Gasteiger partial charge in [0.1, 0.15) is 0 Å². The smallest absolute Gasteiger partial charge is 0.157 e. The molecule has 0 spiro atoms. The molecular weight excluding hydrogens is 324 g/mol. The maximum absolute atomic E-state index is 8.69. The van der Waals surface area contributed by atoms with E-state index in [1.165, 1.54) is 64.2 Å². The predicted octanol–water partition coefficient (Wildman–Crippen LogP) is 6.79. The van der Waals surface area contributed by atoms with Crippen LogP contribution in [0, 0.1) is 0 Å². The summed E-state index contributed by atoms with van der Waals surface area (Å²) in [6.45, 7) is 6.34. The van der Waals surface area contributed by atoms with E-state index in [1.807, 2.05) is 0 Å². The Morgan fingerprint density at radius 2 is 1.15 bits per heavy atom. The van der Waals surface area contributed by atoms with Gasteiger partial charge in [-0.2, -0.15) is 0 Å². The van der Waals surface area contributed by atoms with E-state index in [4.69, 9.17) is 14.6 Å². The summed E-state index contributed by atoms with van der Waals surface area (Å²) in [4.78, 5) is 0. The molecule has 0 bridgehead atoms. The molecule has 0 rings (SSSR count). The van der Waals surface area contributed by atoms with Crippen LogP contribution in [0.4, 0.5) is 0 Å². The van der Waals surface area contributed by atoms with Gasteiger partial charge in [-0.05, 0) is 44.9 Å². The highest BCUT2D eigenvalue weighted by Gasteiger charge is 2.08. The first-order valence-corrected chi connectivity index (χ1v) is 11.3. The Labute approximate surface area is 163 Å². The quantitative estimate of drug-likeness (QED) is 0.137. The summed E-state index contributed by atoms with van der Waals surface area (Å²) in [6.07, 6.45) is 22.5. The average molecular weight is 371 g/mol. The third-order valence-electron chi connectivity index (χ3n) is 4.63. The zero-order valence-corrected chi connectivity index (χ0v) is 17.7. The lowest BCUT2D eigenvalue weighted by atomic mass is 10.1. The third-order valence-corrected chi connectivity index (χ3v) is 4.63. The Hall–Kier alpha value is -0.380. The van der Waals surface area contributed by atoms with Crippen LogP contribution in [0.1, 0.15) is 110 Å². The molecule has 0 unspecified atom stereocenters. The van der Waals surface area contributed by atoms with Gasteiger partial charge in [0.15, 0.2) is 6.29 Å². The molecule has 0 atom stereocenters. The van der Waals surface area contributed by atoms with Gasteiger partial charge in [0.2, 0.25) is 0 Å². The minimum Gasteiger partial charge on any atom is -0.396 e. The first kappa shape index (κ1) is 25.6. The molecule has 0 saturated carbocycles. The first-order valence-electron chi connectivity index (χ1n) is 11.3. The topological polar surface area (TPSA) is 38.7 Å². The minimum atomic E-state index is 0.0204. The maximum Gasteiger partial charge on any atom is 0.157 e. The molecule has 0 aliphatic heterocycles. The fourth-order valence-corrected chi connectivity index (χ4v) is 2.88. The van der Waals surface area contributed by atoms with Crippen LogP contribution in [0.15, 0.2) is 12.2 Å². The zero-order chi connectivity index (χ0) is 19.1. The van der Waals surface area contributed by atoms with E-state index in [0.29, 0.717) is 0 Å². The van der Waals surface area contributed by atoms with Crippen molar-refractivity contribution < 1.29 is 14.6 Å². The van der Waals surface area contributed by atoms with Crippen LogP contribution in [0.2, 0.25) is 0 Å². The number of unbranched alkanes of at least 4 members (excludes halogenated alkanes) is 10. The zero-order valence-electron chi connectivity index (χ0n) is 17.7. The van der Waals surface area contributed by atoms with Crippen LogP contribution >= 0.6 is 0 Å². The molecule has 0 fully saturated rings. The van der Waals surface area contributed by atoms with Gasteiger partial charge in [-0.15, -0.1) is 0 Å². The standard InChI is InChI=1S/C23H46O3/c1-3-5-21-25-23(26-22-6-4-2)19-17-15-13-11-9-7-8-10-12-14-16-18-20-24/h14,16,23-24H,3-13,15,17-22H2,1-2H3/b16-14+. The Bertz CT molecular complexity index is 269. The maximum atomic E-state index is 8.69. The predicted molar refractivity (Wildman–Crippen MR) is 113 cm³/mol. The monoisotopic (exact) mass is 370 g/mol. The normalized spacial score (nSPS) is 11.8. The molecule has 0 amide bonds. The molecule has 156 valence electrons. The lowest BCUT2D eigenvalue weighted by Crippen LogP contribution is -2.18. The Morgan fingerprint density at radius 3 is 1.69 bits per heavy atom. The number of hydrogen-bond acceptors (Lipinski definition) is 3. The number of rotatable bonds is 21. The number of allylic oxidation sites excluding steroid dienone is 1. The number of aliphatic hydroxyl groups is 1. The molecule has 1 N–H and O–H groups in total. The van der Waals surface area contributed by atoms with Crippen molar-refractivity contribution in [2.45, 2.75) is 116 Å². The fourth-order valence-electron chi connectivity index (χ4n) is 2.88. The summed E-state index contributed by atoms with van der Waals surface area (Å²) in [5, 5.41) is 8.69. The summed E-state index contributed by atoms with van der Waals surface area (Å²) in [7, 11) is 0. The van der Waals surface area contributed by atoms with Crippen LogP contribution in [0.25, 0.3) is 0 Å². The Balaban J connectivity index is 3.46. The second-order valence-electron chi connectivity index (χ2n) is 7.27. The van der Waals surface area contributed by atoms with E-state index >= 15 is 0 Å². The van der Waals surface area contributed by atoms with E-state index in [-0.39, 0.29) is 12.9 Å². The van der Waals surface area contributed by atoms with Crippen molar-refractivity contribution in [3.05, 3.63) is 12.2 Å². The van der Waals surface area contributed by atoms with Crippen molar-refractivity contribution in [3.8, 4) is 0 Å². The largest absolute Gasteiger partial charge is 0.396 e. The van der Waals surface area contributed by atoms with E-state index in [9.17, 15) is 0 Å². The molecule has 0 aromatic rings. The lowest BCUT2D eigenvalue weighted by Gasteiger charge is -2.18.